The van der Waals surface area contributed by atoms with Crippen molar-refractivity contribution in [3.8, 4) is 5.75 Å². The minimum atomic E-state index is -4.19. The molecule has 0 aromatic heterocycles. The van der Waals surface area contributed by atoms with E-state index in [0.29, 0.717) is 31.4 Å². The third kappa shape index (κ3) is 8.13. The highest BCUT2D eigenvalue weighted by molar-refractivity contribution is 5.79. The van der Waals surface area contributed by atoms with E-state index in [-0.39, 0.29) is 6.54 Å². The summed E-state index contributed by atoms with van der Waals surface area (Å²) in [7, 11) is 0. The van der Waals surface area contributed by atoms with Crippen LogP contribution in [0.3, 0.4) is 0 Å². The Bertz CT molecular complexity index is 516. The highest BCUT2D eigenvalue weighted by Crippen LogP contribution is 2.19. The minimum absolute atomic E-state index is 0.218. The Hall–Kier alpha value is -2.18. The third-order valence-electron chi connectivity index (χ3n) is 2.78. The van der Waals surface area contributed by atoms with Gasteiger partial charge in [0.05, 0.1) is 13.0 Å². The lowest BCUT2D eigenvalue weighted by molar-refractivity contribution is -0.132. The van der Waals surface area contributed by atoms with Gasteiger partial charge in [-0.05, 0) is 13.0 Å². The number of rotatable bonds is 8. The van der Waals surface area contributed by atoms with E-state index in [1.54, 1.807) is 6.08 Å². The van der Waals surface area contributed by atoms with Crippen molar-refractivity contribution >= 4 is 5.96 Å². The summed E-state index contributed by atoms with van der Waals surface area (Å²) in [6, 6.07) is 7.38. The Morgan fingerprint density at radius 3 is 2.70 bits per heavy atom. The molecular formula is C16H22F3N3O. The summed E-state index contributed by atoms with van der Waals surface area (Å²) in [5.41, 5.74) is 0.849. The first-order valence-corrected chi connectivity index (χ1v) is 7.36. The van der Waals surface area contributed by atoms with Crippen LogP contribution in [0.4, 0.5) is 13.2 Å². The summed E-state index contributed by atoms with van der Waals surface area (Å²) in [6.45, 7) is 6.47. The van der Waals surface area contributed by atoms with Crippen LogP contribution in [-0.2, 0) is 6.54 Å². The average Bonchev–Trinajstić information content (AvgIpc) is 2.50. The number of nitrogens with one attached hydrogen (secondary N) is 2. The van der Waals surface area contributed by atoms with Gasteiger partial charge in [-0.2, -0.15) is 13.2 Å². The zero-order valence-electron chi connectivity index (χ0n) is 13.1. The topological polar surface area (TPSA) is 45.6 Å². The first-order chi connectivity index (χ1) is 11.0. The van der Waals surface area contributed by atoms with Crippen LogP contribution in [0.15, 0.2) is 41.9 Å². The van der Waals surface area contributed by atoms with E-state index in [2.05, 4.69) is 22.2 Å². The summed E-state index contributed by atoms with van der Waals surface area (Å²) >= 11 is 0. The Kier molecular flexibility index (Phi) is 8.01. The summed E-state index contributed by atoms with van der Waals surface area (Å²) < 4.78 is 42.1. The second kappa shape index (κ2) is 9.76. The van der Waals surface area contributed by atoms with Gasteiger partial charge in [0.1, 0.15) is 12.4 Å². The molecule has 7 heteroatoms. The molecule has 1 rings (SSSR count). The van der Waals surface area contributed by atoms with Gasteiger partial charge in [-0.1, -0.05) is 30.9 Å². The fourth-order valence-electron chi connectivity index (χ4n) is 1.75. The number of benzene rings is 1. The monoisotopic (exact) mass is 329 g/mol. The molecule has 0 fully saturated rings. The number of aliphatic imine (C=N–C) groups is 1. The maximum absolute atomic E-state index is 12.2. The number of ether oxygens (including phenoxy) is 1. The van der Waals surface area contributed by atoms with Crippen molar-refractivity contribution in [2.24, 2.45) is 4.99 Å². The molecule has 128 valence electrons. The van der Waals surface area contributed by atoms with Crippen LogP contribution in [0.5, 0.6) is 5.75 Å². The van der Waals surface area contributed by atoms with Gasteiger partial charge in [-0.15, -0.1) is 0 Å². The van der Waals surface area contributed by atoms with E-state index < -0.39 is 12.6 Å². The number of alkyl halides is 3. The fraction of sp³-hybridized carbons (Fsp3) is 0.438. The Labute approximate surface area is 134 Å². The van der Waals surface area contributed by atoms with Crippen molar-refractivity contribution in [1.82, 2.24) is 10.6 Å². The zero-order chi connectivity index (χ0) is 17.1. The van der Waals surface area contributed by atoms with Gasteiger partial charge in [0.15, 0.2) is 5.96 Å². The quantitative estimate of drug-likeness (QED) is 0.437. The summed E-state index contributed by atoms with van der Waals surface area (Å²) in [5.74, 6) is 1.03. The summed E-state index contributed by atoms with van der Waals surface area (Å²) in [4.78, 5) is 4.29. The van der Waals surface area contributed by atoms with E-state index in [1.807, 2.05) is 31.2 Å². The highest BCUT2D eigenvalue weighted by Gasteiger charge is 2.26. The lowest BCUT2D eigenvalue weighted by Gasteiger charge is -2.13. The number of hydrogen-bond donors (Lipinski definition) is 2. The number of para-hydroxylation sites is 1. The number of hydrogen-bond acceptors (Lipinski definition) is 2. The predicted molar refractivity (Wildman–Crippen MR) is 85.6 cm³/mol. The highest BCUT2D eigenvalue weighted by atomic mass is 19.4. The second-order valence-electron chi connectivity index (χ2n) is 4.69. The minimum Gasteiger partial charge on any atom is -0.489 e. The largest absolute Gasteiger partial charge is 0.489 e. The molecule has 0 amide bonds. The first kappa shape index (κ1) is 18.9. The molecule has 0 heterocycles. The molecular weight excluding hydrogens is 307 g/mol. The van der Waals surface area contributed by atoms with Gasteiger partial charge in [-0.3, -0.25) is 0 Å². The fourth-order valence-corrected chi connectivity index (χ4v) is 1.75. The average molecular weight is 329 g/mol. The first-order valence-electron chi connectivity index (χ1n) is 7.36. The SMILES string of the molecule is C=CCOc1ccccc1CN=C(NCC)NCCC(F)(F)F. The maximum atomic E-state index is 12.2. The molecule has 1 aromatic carbocycles. The normalized spacial score (nSPS) is 11.9. The van der Waals surface area contributed by atoms with Crippen molar-refractivity contribution in [3.05, 3.63) is 42.5 Å². The Balaban J connectivity index is 2.67. The maximum Gasteiger partial charge on any atom is 0.390 e. The molecule has 2 N–H and O–H groups in total. The lowest BCUT2D eigenvalue weighted by Crippen LogP contribution is -2.38. The van der Waals surface area contributed by atoms with Crippen molar-refractivity contribution in [2.75, 3.05) is 19.7 Å². The van der Waals surface area contributed by atoms with Gasteiger partial charge in [0.25, 0.3) is 0 Å². The lowest BCUT2D eigenvalue weighted by atomic mass is 10.2. The molecule has 23 heavy (non-hydrogen) atoms. The summed E-state index contributed by atoms with van der Waals surface area (Å²) in [5, 5.41) is 5.59. The van der Waals surface area contributed by atoms with Crippen molar-refractivity contribution < 1.29 is 17.9 Å². The van der Waals surface area contributed by atoms with Crippen LogP contribution in [0, 0.1) is 0 Å². The molecule has 0 unspecified atom stereocenters. The van der Waals surface area contributed by atoms with Gasteiger partial charge < -0.3 is 15.4 Å². The molecule has 0 aliphatic heterocycles. The van der Waals surface area contributed by atoms with Crippen LogP contribution in [-0.4, -0.2) is 31.8 Å². The molecule has 0 spiro atoms. The van der Waals surface area contributed by atoms with Gasteiger partial charge in [0, 0.05) is 18.7 Å². The van der Waals surface area contributed by atoms with Crippen LogP contribution < -0.4 is 15.4 Å². The number of halogens is 3. The van der Waals surface area contributed by atoms with Gasteiger partial charge >= 0.3 is 6.18 Å². The number of guanidine groups is 1. The predicted octanol–water partition coefficient (Wildman–Crippen LogP) is 3.26. The van der Waals surface area contributed by atoms with Crippen LogP contribution >= 0.6 is 0 Å². The number of nitrogens with zero attached hydrogens (tertiary/aromatic N) is 1. The van der Waals surface area contributed by atoms with E-state index in [4.69, 9.17) is 4.74 Å². The van der Waals surface area contributed by atoms with E-state index >= 15 is 0 Å². The van der Waals surface area contributed by atoms with Crippen LogP contribution in [0.1, 0.15) is 18.9 Å². The molecule has 1 aromatic rings. The molecule has 0 aliphatic carbocycles. The Morgan fingerprint density at radius 2 is 2.04 bits per heavy atom. The molecule has 0 aliphatic rings. The molecule has 0 radical (unpaired) electrons. The van der Waals surface area contributed by atoms with Crippen molar-refractivity contribution in [3.63, 3.8) is 0 Å². The van der Waals surface area contributed by atoms with E-state index in [1.165, 1.54) is 0 Å². The van der Waals surface area contributed by atoms with E-state index in [9.17, 15) is 13.2 Å². The zero-order valence-corrected chi connectivity index (χ0v) is 13.1. The molecule has 0 saturated heterocycles. The molecule has 0 saturated carbocycles. The summed E-state index contributed by atoms with van der Waals surface area (Å²) in [6.07, 6.45) is -3.45. The van der Waals surface area contributed by atoms with Crippen LogP contribution in [0.2, 0.25) is 0 Å². The molecule has 0 atom stereocenters. The Morgan fingerprint density at radius 1 is 1.30 bits per heavy atom. The van der Waals surface area contributed by atoms with Crippen molar-refractivity contribution in [2.45, 2.75) is 26.1 Å². The smallest absolute Gasteiger partial charge is 0.390 e. The van der Waals surface area contributed by atoms with Crippen molar-refractivity contribution in [1.29, 1.82) is 0 Å². The van der Waals surface area contributed by atoms with E-state index in [0.717, 1.165) is 5.56 Å². The molecule has 4 nitrogen and oxygen atoms in total. The van der Waals surface area contributed by atoms with Gasteiger partial charge in [-0.25, -0.2) is 4.99 Å². The van der Waals surface area contributed by atoms with Gasteiger partial charge in [0.2, 0.25) is 0 Å². The third-order valence-corrected chi connectivity index (χ3v) is 2.78. The molecule has 0 bridgehead atoms. The second-order valence-corrected chi connectivity index (χ2v) is 4.69. The van der Waals surface area contributed by atoms with Crippen LogP contribution in [0.25, 0.3) is 0 Å². The standard InChI is InChI=1S/C16H22F3N3O/c1-3-11-23-14-8-6-5-7-13(14)12-22-15(20-4-2)21-10-9-16(17,18)19/h3,5-8H,1,4,9-12H2,2H3,(H2,20,21,22).